The predicted octanol–water partition coefficient (Wildman–Crippen LogP) is 4.70. The van der Waals surface area contributed by atoms with Gasteiger partial charge in [0, 0.05) is 27.9 Å². The molecule has 27 heavy (non-hydrogen) atoms. The number of fused-ring (bicyclic) bond motifs is 2. The van der Waals surface area contributed by atoms with Gasteiger partial charge in [-0.15, -0.1) is 0 Å². The van der Waals surface area contributed by atoms with E-state index in [1.54, 1.807) is 4.57 Å². The maximum atomic E-state index is 13.4. The van der Waals surface area contributed by atoms with E-state index in [1.165, 1.54) is 0 Å². The van der Waals surface area contributed by atoms with Crippen molar-refractivity contribution in [1.29, 1.82) is 0 Å². The summed E-state index contributed by atoms with van der Waals surface area (Å²) in [5.41, 5.74) is 2.39. The molecular weight excluding hydrogens is 402 g/mol. The lowest BCUT2D eigenvalue weighted by atomic mass is 9.94. The summed E-state index contributed by atoms with van der Waals surface area (Å²) < 4.78 is 2.64. The Kier molecular flexibility index (Phi) is 3.90. The molecule has 5 heteroatoms. The molecule has 0 saturated carbocycles. The van der Waals surface area contributed by atoms with Gasteiger partial charge in [0.05, 0.1) is 16.9 Å². The van der Waals surface area contributed by atoms with E-state index in [0.717, 1.165) is 22.2 Å². The van der Waals surface area contributed by atoms with Crippen LogP contribution >= 0.6 is 15.9 Å². The Hall–Kier alpha value is -2.79. The summed E-state index contributed by atoms with van der Waals surface area (Å²) in [6.07, 6.45) is 9.08. The number of halogens is 1. The number of aliphatic imine (C=N–C) groups is 1. The minimum atomic E-state index is -0.0559. The SMILES string of the molecule is O=c1c2ccccc2nc(-c2ccccc2Br)n1C1=CC2CC=NC2C=C1. The van der Waals surface area contributed by atoms with Crippen LogP contribution in [0.25, 0.3) is 28.0 Å². The molecule has 0 fully saturated rings. The fourth-order valence-corrected chi connectivity index (χ4v) is 4.19. The lowest BCUT2D eigenvalue weighted by Gasteiger charge is -2.21. The van der Waals surface area contributed by atoms with Crippen LogP contribution in [0.1, 0.15) is 6.42 Å². The molecule has 2 unspecified atom stereocenters. The van der Waals surface area contributed by atoms with Gasteiger partial charge in [-0.1, -0.05) is 58.4 Å². The molecule has 1 aromatic heterocycles. The highest BCUT2D eigenvalue weighted by molar-refractivity contribution is 9.10. The van der Waals surface area contributed by atoms with E-state index in [9.17, 15) is 4.79 Å². The van der Waals surface area contributed by atoms with E-state index in [1.807, 2.05) is 60.8 Å². The zero-order valence-corrected chi connectivity index (χ0v) is 16.0. The maximum absolute atomic E-state index is 13.4. The highest BCUT2D eigenvalue weighted by Gasteiger charge is 2.25. The van der Waals surface area contributed by atoms with Crippen molar-refractivity contribution in [2.75, 3.05) is 0 Å². The molecule has 1 aliphatic heterocycles. The second kappa shape index (κ2) is 6.43. The van der Waals surface area contributed by atoms with E-state index in [-0.39, 0.29) is 11.6 Å². The van der Waals surface area contributed by atoms with E-state index in [0.29, 0.717) is 22.6 Å². The normalized spacial score (nSPS) is 20.7. The van der Waals surface area contributed by atoms with Crippen LogP contribution in [0.5, 0.6) is 0 Å². The minimum Gasteiger partial charge on any atom is -0.289 e. The number of hydrogen-bond donors (Lipinski definition) is 0. The molecule has 2 atom stereocenters. The number of para-hydroxylation sites is 1. The van der Waals surface area contributed by atoms with Gasteiger partial charge < -0.3 is 0 Å². The topological polar surface area (TPSA) is 47.2 Å². The zero-order valence-electron chi connectivity index (χ0n) is 14.4. The Bertz CT molecular complexity index is 1210. The van der Waals surface area contributed by atoms with Crippen LogP contribution in [0.2, 0.25) is 0 Å². The first kappa shape index (κ1) is 16.4. The van der Waals surface area contributed by atoms with Crippen LogP contribution in [0.15, 0.2) is 81.0 Å². The van der Waals surface area contributed by atoms with Crippen molar-refractivity contribution in [2.45, 2.75) is 12.5 Å². The fourth-order valence-electron chi connectivity index (χ4n) is 3.73. The molecule has 4 nitrogen and oxygen atoms in total. The third-order valence-electron chi connectivity index (χ3n) is 5.09. The van der Waals surface area contributed by atoms with Crippen LogP contribution in [0.3, 0.4) is 0 Å². The second-order valence-electron chi connectivity index (χ2n) is 6.75. The Morgan fingerprint density at radius 2 is 1.89 bits per heavy atom. The minimum absolute atomic E-state index is 0.0559. The fraction of sp³-hybridized carbons (Fsp3) is 0.136. The Morgan fingerprint density at radius 3 is 2.78 bits per heavy atom. The highest BCUT2D eigenvalue weighted by atomic mass is 79.9. The van der Waals surface area contributed by atoms with E-state index in [4.69, 9.17) is 4.98 Å². The van der Waals surface area contributed by atoms with Crippen LogP contribution in [0, 0.1) is 5.92 Å². The monoisotopic (exact) mass is 417 g/mol. The van der Waals surface area contributed by atoms with E-state index in [2.05, 4.69) is 33.1 Å². The summed E-state index contributed by atoms with van der Waals surface area (Å²) in [5.74, 6) is 0.940. The number of hydrogen-bond acceptors (Lipinski definition) is 3. The summed E-state index contributed by atoms with van der Waals surface area (Å²) in [6.45, 7) is 0. The Balaban J connectivity index is 1.81. The standard InChI is InChI=1S/C22H16BrN3O/c23-18-7-3-1-5-16(18)21-25-20-8-4-2-6-17(20)22(27)26(21)15-9-10-19-14(13-15)11-12-24-19/h1-10,12-14,19H,11H2. The smallest absolute Gasteiger partial charge is 0.266 e. The summed E-state index contributed by atoms with van der Waals surface area (Å²) in [6, 6.07) is 15.5. The second-order valence-corrected chi connectivity index (χ2v) is 7.60. The number of aromatic nitrogens is 2. The van der Waals surface area contributed by atoms with Gasteiger partial charge in [-0.05, 0) is 30.7 Å². The van der Waals surface area contributed by atoms with Crippen molar-refractivity contribution in [3.63, 3.8) is 0 Å². The molecule has 3 aromatic rings. The van der Waals surface area contributed by atoms with Crippen molar-refractivity contribution in [1.82, 2.24) is 9.55 Å². The van der Waals surface area contributed by atoms with Crippen molar-refractivity contribution in [3.8, 4) is 11.4 Å². The maximum Gasteiger partial charge on any atom is 0.266 e. The van der Waals surface area contributed by atoms with Crippen LogP contribution in [-0.4, -0.2) is 21.8 Å². The molecule has 132 valence electrons. The van der Waals surface area contributed by atoms with Crippen molar-refractivity contribution in [2.24, 2.45) is 10.9 Å². The third-order valence-corrected chi connectivity index (χ3v) is 5.78. The number of allylic oxidation sites excluding steroid dienone is 2. The van der Waals surface area contributed by atoms with Crippen molar-refractivity contribution >= 4 is 38.7 Å². The number of benzene rings is 2. The van der Waals surface area contributed by atoms with Gasteiger partial charge in [0.1, 0.15) is 5.82 Å². The molecular formula is C22H16BrN3O. The lowest BCUT2D eigenvalue weighted by Crippen LogP contribution is -2.25. The zero-order chi connectivity index (χ0) is 18.4. The Morgan fingerprint density at radius 1 is 1.07 bits per heavy atom. The molecule has 0 radical (unpaired) electrons. The molecule has 2 aliphatic rings. The molecule has 0 N–H and O–H groups in total. The van der Waals surface area contributed by atoms with Crippen LogP contribution in [-0.2, 0) is 0 Å². The summed E-state index contributed by atoms with van der Waals surface area (Å²) >= 11 is 3.61. The molecule has 2 heterocycles. The number of rotatable bonds is 2. The summed E-state index contributed by atoms with van der Waals surface area (Å²) in [4.78, 5) is 22.8. The van der Waals surface area contributed by atoms with Gasteiger partial charge in [0.2, 0.25) is 0 Å². The molecule has 2 aromatic carbocycles. The molecule has 0 spiro atoms. The quantitative estimate of drug-likeness (QED) is 0.606. The summed E-state index contributed by atoms with van der Waals surface area (Å²) in [5, 5.41) is 0.618. The molecule has 1 aliphatic carbocycles. The average Bonchev–Trinajstić information content (AvgIpc) is 3.16. The van der Waals surface area contributed by atoms with Gasteiger partial charge in [-0.3, -0.25) is 14.4 Å². The van der Waals surface area contributed by atoms with Crippen molar-refractivity contribution in [3.05, 3.63) is 81.6 Å². The van der Waals surface area contributed by atoms with Gasteiger partial charge in [0.15, 0.2) is 0 Å². The van der Waals surface area contributed by atoms with Gasteiger partial charge >= 0.3 is 0 Å². The van der Waals surface area contributed by atoms with E-state index < -0.39 is 0 Å². The first-order valence-corrected chi connectivity index (χ1v) is 9.70. The largest absolute Gasteiger partial charge is 0.289 e. The number of nitrogens with zero attached hydrogens (tertiary/aromatic N) is 3. The summed E-state index contributed by atoms with van der Waals surface area (Å²) in [7, 11) is 0. The lowest BCUT2D eigenvalue weighted by molar-refractivity contribution is 0.635. The first-order valence-electron chi connectivity index (χ1n) is 8.91. The predicted molar refractivity (Wildman–Crippen MR) is 113 cm³/mol. The molecule has 0 saturated heterocycles. The van der Waals surface area contributed by atoms with Gasteiger partial charge in [0.25, 0.3) is 5.56 Å². The van der Waals surface area contributed by atoms with Gasteiger partial charge in [-0.25, -0.2) is 4.98 Å². The average molecular weight is 418 g/mol. The molecule has 5 rings (SSSR count). The third kappa shape index (κ3) is 2.70. The van der Waals surface area contributed by atoms with Crippen molar-refractivity contribution < 1.29 is 0 Å². The van der Waals surface area contributed by atoms with E-state index >= 15 is 0 Å². The first-order chi connectivity index (χ1) is 13.2. The van der Waals surface area contributed by atoms with Gasteiger partial charge in [-0.2, -0.15) is 0 Å². The molecule has 0 bridgehead atoms. The van der Waals surface area contributed by atoms with Crippen LogP contribution in [0.4, 0.5) is 0 Å². The molecule has 0 amide bonds. The highest BCUT2D eigenvalue weighted by Crippen LogP contribution is 2.32. The Labute approximate surface area is 164 Å². The van der Waals surface area contributed by atoms with Crippen LogP contribution < -0.4 is 5.56 Å².